The normalized spacial score (nSPS) is 18.0. The lowest BCUT2D eigenvalue weighted by atomic mass is 9.74. The van der Waals surface area contributed by atoms with Gasteiger partial charge in [-0.25, -0.2) is 4.39 Å². The van der Waals surface area contributed by atoms with Crippen molar-refractivity contribution < 1.29 is 9.13 Å². The second kappa shape index (κ2) is 9.00. The van der Waals surface area contributed by atoms with Crippen molar-refractivity contribution in [3.8, 4) is 0 Å². The summed E-state index contributed by atoms with van der Waals surface area (Å²) in [5, 5.41) is 6.93. The van der Waals surface area contributed by atoms with Crippen molar-refractivity contribution in [1.82, 2.24) is 10.6 Å². The van der Waals surface area contributed by atoms with Gasteiger partial charge >= 0.3 is 0 Å². The summed E-state index contributed by atoms with van der Waals surface area (Å²) in [7, 11) is 1.78. The molecular formula is C22H28FN3O. The Morgan fingerprint density at radius 3 is 2.41 bits per heavy atom. The molecule has 2 aromatic carbocycles. The van der Waals surface area contributed by atoms with Gasteiger partial charge in [0.15, 0.2) is 5.96 Å². The molecular weight excluding hydrogens is 341 g/mol. The van der Waals surface area contributed by atoms with Crippen LogP contribution in [0.3, 0.4) is 0 Å². The first kappa shape index (κ1) is 19.4. The van der Waals surface area contributed by atoms with Gasteiger partial charge in [0.2, 0.25) is 0 Å². The van der Waals surface area contributed by atoms with Crippen LogP contribution >= 0.6 is 0 Å². The molecule has 1 fully saturated rings. The number of halogens is 1. The van der Waals surface area contributed by atoms with Crippen LogP contribution in [-0.2, 0) is 10.2 Å². The van der Waals surface area contributed by atoms with Crippen LogP contribution in [0.25, 0.3) is 0 Å². The number of nitrogens with one attached hydrogen (secondary N) is 2. The van der Waals surface area contributed by atoms with Gasteiger partial charge in [-0.1, -0.05) is 42.5 Å². The van der Waals surface area contributed by atoms with Crippen LogP contribution in [0.2, 0.25) is 0 Å². The second-order valence-electron chi connectivity index (χ2n) is 7.10. The van der Waals surface area contributed by atoms with Gasteiger partial charge in [-0.2, -0.15) is 0 Å². The van der Waals surface area contributed by atoms with Crippen molar-refractivity contribution >= 4 is 5.96 Å². The van der Waals surface area contributed by atoms with Crippen molar-refractivity contribution in [2.45, 2.75) is 31.2 Å². The fourth-order valence-corrected chi connectivity index (χ4v) is 3.61. The van der Waals surface area contributed by atoms with E-state index in [0.29, 0.717) is 13.2 Å². The molecule has 0 radical (unpaired) electrons. The molecule has 0 aliphatic carbocycles. The average Bonchev–Trinajstić information content (AvgIpc) is 2.72. The first-order chi connectivity index (χ1) is 13.1. The van der Waals surface area contributed by atoms with Crippen LogP contribution in [0.1, 0.15) is 36.9 Å². The van der Waals surface area contributed by atoms with Crippen LogP contribution in [0, 0.1) is 5.82 Å². The van der Waals surface area contributed by atoms with Crippen molar-refractivity contribution in [3.63, 3.8) is 0 Å². The Morgan fingerprint density at radius 2 is 1.78 bits per heavy atom. The summed E-state index contributed by atoms with van der Waals surface area (Å²) in [6.45, 7) is 4.27. The summed E-state index contributed by atoms with van der Waals surface area (Å²) in [5.41, 5.74) is 2.27. The Bertz CT molecular complexity index is 740. The molecule has 0 amide bonds. The maximum atomic E-state index is 13.4. The molecule has 4 nitrogen and oxygen atoms in total. The molecule has 1 heterocycles. The average molecular weight is 369 g/mol. The smallest absolute Gasteiger partial charge is 0.191 e. The summed E-state index contributed by atoms with van der Waals surface area (Å²) in [5.74, 6) is 0.558. The second-order valence-corrected chi connectivity index (χ2v) is 7.10. The fourth-order valence-electron chi connectivity index (χ4n) is 3.61. The monoisotopic (exact) mass is 369 g/mol. The van der Waals surface area contributed by atoms with E-state index in [2.05, 4.69) is 34.7 Å². The van der Waals surface area contributed by atoms with Crippen molar-refractivity contribution in [2.24, 2.45) is 4.99 Å². The quantitative estimate of drug-likeness (QED) is 0.622. The number of hydrogen-bond donors (Lipinski definition) is 2. The van der Waals surface area contributed by atoms with Crippen molar-refractivity contribution in [2.75, 3.05) is 26.8 Å². The van der Waals surface area contributed by atoms with E-state index in [0.717, 1.165) is 30.9 Å². The van der Waals surface area contributed by atoms with Crippen LogP contribution in [0.4, 0.5) is 4.39 Å². The van der Waals surface area contributed by atoms with Crippen LogP contribution in [-0.4, -0.2) is 32.8 Å². The Morgan fingerprint density at radius 1 is 1.11 bits per heavy atom. The lowest BCUT2D eigenvalue weighted by Crippen LogP contribution is -2.48. The minimum atomic E-state index is -0.205. The summed E-state index contributed by atoms with van der Waals surface area (Å²) in [4.78, 5) is 4.38. The first-order valence-electron chi connectivity index (χ1n) is 9.49. The molecule has 0 aromatic heterocycles. The van der Waals surface area contributed by atoms with Crippen LogP contribution in [0.15, 0.2) is 59.6 Å². The van der Waals surface area contributed by atoms with Gasteiger partial charge in [0.05, 0.1) is 6.04 Å². The van der Waals surface area contributed by atoms with E-state index in [4.69, 9.17) is 4.74 Å². The van der Waals surface area contributed by atoms with E-state index in [1.807, 2.05) is 30.3 Å². The highest BCUT2D eigenvalue weighted by molar-refractivity contribution is 5.80. The van der Waals surface area contributed by atoms with E-state index in [1.54, 1.807) is 7.05 Å². The third kappa shape index (κ3) is 4.86. The zero-order valence-corrected chi connectivity index (χ0v) is 16.0. The number of nitrogens with zero attached hydrogens (tertiary/aromatic N) is 1. The molecule has 1 aliphatic rings. The highest BCUT2D eigenvalue weighted by Gasteiger charge is 2.34. The van der Waals surface area contributed by atoms with Gasteiger partial charge in [-0.3, -0.25) is 4.99 Å². The van der Waals surface area contributed by atoms with Gasteiger partial charge < -0.3 is 15.4 Å². The summed E-state index contributed by atoms with van der Waals surface area (Å²) >= 11 is 0. The Hall–Kier alpha value is -2.40. The molecule has 3 rings (SSSR count). The predicted octanol–water partition coefficient (Wildman–Crippen LogP) is 3.80. The zero-order valence-electron chi connectivity index (χ0n) is 16.0. The van der Waals surface area contributed by atoms with Gasteiger partial charge in [-0.05, 0) is 43.0 Å². The molecule has 5 heteroatoms. The molecule has 0 spiro atoms. The topological polar surface area (TPSA) is 45.7 Å². The molecule has 2 aromatic rings. The zero-order chi connectivity index (χ0) is 19.1. The molecule has 27 heavy (non-hydrogen) atoms. The van der Waals surface area contributed by atoms with Gasteiger partial charge in [0, 0.05) is 32.2 Å². The molecule has 0 bridgehead atoms. The standard InChI is InChI=1S/C22H28FN3O/c1-17(18-6-4-3-5-7-18)26-21(24-2)25-16-22(12-14-27-15-13-22)19-8-10-20(23)11-9-19/h3-11,17H,12-16H2,1-2H3,(H2,24,25,26). The lowest BCUT2D eigenvalue weighted by molar-refractivity contribution is 0.0513. The molecule has 1 saturated heterocycles. The SMILES string of the molecule is CN=C(NCC1(c2ccc(F)cc2)CCOCC1)NC(C)c1ccccc1. The van der Waals surface area contributed by atoms with Crippen LogP contribution < -0.4 is 10.6 Å². The molecule has 1 unspecified atom stereocenters. The molecule has 0 saturated carbocycles. The Balaban J connectivity index is 1.69. The largest absolute Gasteiger partial charge is 0.381 e. The van der Waals surface area contributed by atoms with Crippen molar-refractivity contribution in [1.29, 1.82) is 0 Å². The van der Waals surface area contributed by atoms with Crippen LogP contribution in [0.5, 0.6) is 0 Å². The van der Waals surface area contributed by atoms with Crippen molar-refractivity contribution in [3.05, 3.63) is 71.5 Å². The minimum absolute atomic E-state index is 0.0838. The Kier molecular flexibility index (Phi) is 6.45. The lowest BCUT2D eigenvalue weighted by Gasteiger charge is -2.38. The molecule has 1 atom stereocenters. The molecule has 2 N–H and O–H groups in total. The van der Waals surface area contributed by atoms with Gasteiger partial charge in [0.25, 0.3) is 0 Å². The highest BCUT2D eigenvalue weighted by Crippen LogP contribution is 2.34. The van der Waals surface area contributed by atoms with Gasteiger partial charge in [0.1, 0.15) is 5.82 Å². The first-order valence-corrected chi connectivity index (χ1v) is 9.49. The van der Waals surface area contributed by atoms with E-state index in [1.165, 1.54) is 17.7 Å². The van der Waals surface area contributed by atoms with E-state index in [9.17, 15) is 4.39 Å². The summed E-state index contributed by atoms with van der Waals surface area (Å²) < 4.78 is 19.0. The maximum Gasteiger partial charge on any atom is 0.191 e. The third-order valence-corrected chi connectivity index (χ3v) is 5.38. The number of guanidine groups is 1. The van der Waals surface area contributed by atoms with E-state index < -0.39 is 0 Å². The number of hydrogen-bond acceptors (Lipinski definition) is 2. The number of aliphatic imine (C=N–C) groups is 1. The fraction of sp³-hybridized carbons (Fsp3) is 0.409. The predicted molar refractivity (Wildman–Crippen MR) is 107 cm³/mol. The number of ether oxygens (including phenoxy) is 1. The number of rotatable bonds is 5. The highest BCUT2D eigenvalue weighted by atomic mass is 19.1. The number of benzene rings is 2. The van der Waals surface area contributed by atoms with E-state index >= 15 is 0 Å². The van der Waals surface area contributed by atoms with Gasteiger partial charge in [-0.15, -0.1) is 0 Å². The molecule has 1 aliphatic heterocycles. The molecule has 144 valence electrons. The summed E-state index contributed by atoms with van der Waals surface area (Å²) in [6, 6.07) is 17.3. The minimum Gasteiger partial charge on any atom is -0.381 e. The van der Waals surface area contributed by atoms with E-state index in [-0.39, 0.29) is 17.3 Å². The summed E-state index contributed by atoms with van der Waals surface area (Å²) in [6.07, 6.45) is 1.80. The maximum absolute atomic E-state index is 13.4. The third-order valence-electron chi connectivity index (χ3n) is 5.38. The Labute approximate surface area is 160 Å².